The van der Waals surface area contributed by atoms with Gasteiger partial charge in [-0.05, 0) is 29.4 Å². The lowest BCUT2D eigenvalue weighted by molar-refractivity contribution is -0.193. The number of amides is 3. The van der Waals surface area contributed by atoms with Crippen molar-refractivity contribution in [2.24, 2.45) is 11.3 Å². The van der Waals surface area contributed by atoms with Crippen molar-refractivity contribution in [2.75, 3.05) is 13.6 Å². The van der Waals surface area contributed by atoms with Gasteiger partial charge < -0.3 is 10.6 Å². The van der Waals surface area contributed by atoms with E-state index >= 15 is 0 Å². The molecule has 2 rings (SSSR count). The molecule has 2 N–H and O–H groups in total. The molecule has 0 aliphatic rings. The molecule has 0 saturated carbocycles. The van der Waals surface area contributed by atoms with E-state index in [0.29, 0.717) is 12.8 Å². The van der Waals surface area contributed by atoms with Crippen LogP contribution in [0.3, 0.4) is 0 Å². The number of likely N-dealkylation sites (N-methyl/N-ethyl adjacent to an activating group) is 1. The largest absolute Gasteiger partial charge is 0.357 e. The van der Waals surface area contributed by atoms with E-state index in [1.807, 2.05) is 81.4 Å². The van der Waals surface area contributed by atoms with Gasteiger partial charge in [0, 0.05) is 14.0 Å². The van der Waals surface area contributed by atoms with Crippen molar-refractivity contribution in [3.63, 3.8) is 0 Å². The van der Waals surface area contributed by atoms with E-state index in [2.05, 4.69) is 10.6 Å². The SMILES string of the molecule is CNC(=O)C(NC(=O)C(CCc1ccccc1)CN(OCc1ccccc1)C(C)=O)C(C)(C)C. The Kier molecular flexibility index (Phi) is 10.3. The molecule has 0 aromatic heterocycles. The van der Waals surface area contributed by atoms with Crippen LogP contribution in [0.1, 0.15) is 45.2 Å². The Morgan fingerprint density at radius 2 is 1.47 bits per heavy atom. The molecule has 0 fully saturated rings. The van der Waals surface area contributed by atoms with Crippen LogP contribution in [0.15, 0.2) is 60.7 Å². The molecule has 7 heteroatoms. The number of aryl methyl sites for hydroxylation is 1. The van der Waals surface area contributed by atoms with Crippen molar-refractivity contribution in [3.05, 3.63) is 71.8 Å². The first-order chi connectivity index (χ1) is 16.1. The Labute approximate surface area is 202 Å². The van der Waals surface area contributed by atoms with Crippen LogP contribution in [0.2, 0.25) is 0 Å². The lowest BCUT2D eigenvalue weighted by Gasteiger charge is -2.32. The van der Waals surface area contributed by atoms with E-state index in [1.165, 1.54) is 12.0 Å². The summed E-state index contributed by atoms with van der Waals surface area (Å²) in [5, 5.41) is 6.79. The van der Waals surface area contributed by atoms with Crippen molar-refractivity contribution in [3.8, 4) is 0 Å². The van der Waals surface area contributed by atoms with Gasteiger partial charge in [0.15, 0.2) is 0 Å². The maximum atomic E-state index is 13.4. The average molecular weight is 468 g/mol. The molecule has 2 aromatic carbocycles. The summed E-state index contributed by atoms with van der Waals surface area (Å²) in [5.74, 6) is -1.39. The molecule has 0 spiro atoms. The van der Waals surface area contributed by atoms with E-state index in [-0.39, 0.29) is 30.9 Å². The van der Waals surface area contributed by atoms with Crippen molar-refractivity contribution in [2.45, 2.75) is 53.2 Å². The van der Waals surface area contributed by atoms with E-state index in [4.69, 9.17) is 4.84 Å². The van der Waals surface area contributed by atoms with E-state index < -0.39 is 17.4 Å². The fourth-order valence-electron chi connectivity index (χ4n) is 3.57. The molecular formula is C27H37N3O4. The Bertz CT molecular complexity index is 926. The Balaban J connectivity index is 2.19. The summed E-state index contributed by atoms with van der Waals surface area (Å²) in [7, 11) is 1.55. The van der Waals surface area contributed by atoms with Gasteiger partial charge in [0.25, 0.3) is 0 Å². The Morgan fingerprint density at radius 3 is 1.97 bits per heavy atom. The number of carbonyl (C=O) groups is 3. The van der Waals surface area contributed by atoms with Crippen LogP contribution in [-0.2, 0) is 32.2 Å². The van der Waals surface area contributed by atoms with Crippen LogP contribution < -0.4 is 10.6 Å². The maximum Gasteiger partial charge on any atom is 0.243 e. The summed E-state index contributed by atoms with van der Waals surface area (Å²) in [5.41, 5.74) is 1.54. The number of hydrogen-bond donors (Lipinski definition) is 2. The Hall–Kier alpha value is -3.19. The van der Waals surface area contributed by atoms with Gasteiger partial charge >= 0.3 is 0 Å². The minimum Gasteiger partial charge on any atom is -0.357 e. The van der Waals surface area contributed by atoms with Gasteiger partial charge in [-0.25, -0.2) is 5.06 Å². The molecule has 2 atom stereocenters. The standard InChI is InChI=1S/C27H37N3O4/c1-20(31)30(34-19-22-14-10-7-11-15-22)18-23(17-16-21-12-8-6-9-13-21)25(32)29-24(26(33)28-5)27(2,3)4/h6-15,23-24H,16-19H2,1-5H3,(H,28,33)(H,29,32). The molecule has 0 heterocycles. The van der Waals surface area contributed by atoms with Crippen LogP contribution in [0, 0.1) is 11.3 Å². The van der Waals surface area contributed by atoms with Crippen molar-refractivity contribution in [1.29, 1.82) is 0 Å². The predicted octanol–water partition coefficient (Wildman–Crippen LogP) is 3.49. The fraction of sp³-hybridized carbons (Fsp3) is 0.444. The first-order valence-electron chi connectivity index (χ1n) is 11.6. The van der Waals surface area contributed by atoms with Gasteiger partial charge in [0.2, 0.25) is 17.7 Å². The summed E-state index contributed by atoms with van der Waals surface area (Å²) < 4.78 is 0. The topological polar surface area (TPSA) is 87.7 Å². The second-order valence-electron chi connectivity index (χ2n) is 9.48. The molecular weight excluding hydrogens is 430 g/mol. The van der Waals surface area contributed by atoms with Gasteiger partial charge in [-0.15, -0.1) is 0 Å². The number of nitrogens with one attached hydrogen (secondary N) is 2. The number of carbonyl (C=O) groups excluding carboxylic acids is 3. The molecule has 0 radical (unpaired) electrons. The lowest BCUT2D eigenvalue weighted by Crippen LogP contribution is -2.55. The van der Waals surface area contributed by atoms with Crippen molar-refractivity contribution >= 4 is 17.7 Å². The van der Waals surface area contributed by atoms with Gasteiger partial charge in [0.05, 0.1) is 12.5 Å². The first-order valence-corrected chi connectivity index (χ1v) is 11.6. The first kappa shape index (κ1) is 27.1. The third kappa shape index (κ3) is 8.63. The van der Waals surface area contributed by atoms with Crippen LogP contribution in [0.4, 0.5) is 0 Å². The molecule has 0 aliphatic heterocycles. The summed E-state index contributed by atoms with van der Waals surface area (Å²) in [6.07, 6.45) is 1.16. The molecule has 0 aliphatic carbocycles. The highest BCUT2D eigenvalue weighted by molar-refractivity contribution is 5.89. The third-order valence-corrected chi connectivity index (χ3v) is 5.62. The van der Waals surface area contributed by atoms with Crippen LogP contribution in [-0.4, -0.2) is 42.4 Å². The Morgan fingerprint density at radius 1 is 0.912 bits per heavy atom. The zero-order chi connectivity index (χ0) is 25.1. The molecule has 2 aromatic rings. The smallest absolute Gasteiger partial charge is 0.243 e. The number of hydroxylamine groups is 2. The molecule has 0 bridgehead atoms. The summed E-state index contributed by atoms with van der Waals surface area (Å²) in [6, 6.07) is 18.7. The molecule has 34 heavy (non-hydrogen) atoms. The summed E-state index contributed by atoms with van der Waals surface area (Å²) in [4.78, 5) is 44.0. The average Bonchev–Trinajstić information content (AvgIpc) is 2.81. The highest BCUT2D eigenvalue weighted by Gasteiger charge is 2.34. The van der Waals surface area contributed by atoms with Crippen LogP contribution in [0.25, 0.3) is 0 Å². The number of benzene rings is 2. The minimum atomic E-state index is -0.708. The normalized spacial score (nSPS) is 13.0. The highest BCUT2D eigenvalue weighted by Crippen LogP contribution is 2.21. The molecule has 3 amide bonds. The fourth-order valence-corrected chi connectivity index (χ4v) is 3.57. The van der Waals surface area contributed by atoms with Gasteiger partial charge in [-0.1, -0.05) is 81.4 Å². The van der Waals surface area contributed by atoms with Crippen molar-refractivity contribution < 1.29 is 19.2 Å². The second-order valence-corrected chi connectivity index (χ2v) is 9.48. The summed E-state index contributed by atoms with van der Waals surface area (Å²) >= 11 is 0. The molecule has 0 saturated heterocycles. The van der Waals surface area contributed by atoms with Gasteiger partial charge in [-0.3, -0.25) is 19.2 Å². The molecule has 2 unspecified atom stereocenters. The number of nitrogens with zero attached hydrogens (tertiary/aromatic N) is 1. The summed E-state index contributed by atoms with van der Waals surface area (Å²) in [6.45, 7) is 7.42. The third-order valence-electron chi connectivity index (χ3n) is 5.62. The zero-order valence-corrected chi connectivity index (χ0v) is 20.8. The zero-order valence-electron chi connectivity index (χ0n) is 20.8. The van der Waals surface area contributed by atoms with E-state index in [9.17, 15) is 14.4 Å². The van der Waals surface area contributed by atoms with Crippen molar-refractivity contribution in [1.82, 2.24) is 15.7 Å². The quantitative estimate of drug-likeness (QED) is 0.495. The lowest BCUT2D eigenvalue weighted by atomic mass is 9.85. The highest BCUT2D eigenvalue weighted by atomic mass is 16.7. The minimum absolute atomic E-state index is 0.0887. The number of hydrogen-bond acceptors (Lipinski definition) is 4. The maximum absolute atomic E-state index is 13.4. The van der Waals surface area contributed by atoms with Gasteiger partial charge in [-0.2, -0.15) is 0 Å². The van der Waals surface area contributed by atoms with E-state index in [1.54, 1.807) is 7.05 Å². The van der Waals surface area contributed by atoms with E-state index in [0.717, 1.165) is 11.1 Å². The predicted molar refractivity (Wildman–Crippen MR) is 132 cm³/mol. The molecule has 7 nitrogen and oxygen atoms in total. The van der Waals surface area contributed by atoms with Crippen LogP contribution in [0.5, 0.6) is 0 Å². The van der Waals surface area contributed by atoms with Gasteiger partial charge in [0.1, 0.15) is 12.6 Å². The monoisotopic (exact) mass is 467 g/mol. The van der Waals surface area contributed by atoms with Crippen LogP contribution >= 0.6 is 0 Å². The second kappa shape index (κ2) is 12.9. The number of rotatable bonds is 11. The molecule has 184 valence electrons.